The van der Waals surface area contributed by atoms with Gasteiger partial charge in [-0.2, -0.15) is 0 Å². The van der Waals surface area contributed by atoms with Crippen molar-refractivity contribution in [2.45, 2.75) is 63.8 Å². The number of rotatable bonds is 10. The molecule has 4 N–H and O–H groups in total. The number of pyridine rings is 1. The lowest BCUT2D eigenvalue weighted by Crippen LogP contribution is -2.43. The molecule has 2 aromatic rings. The number of nitrogens with zero attached hydrogens (tertiary/aromatic N) is 1. The molecule has 1 amide bonds. The first kappa shape index (κ1) is 27.3. The van der Waals surface area contributed by atoms with Gasteiger partial charge in [0, 0.05) is 40.5 Å². The Balaban J connectivity index is 1.49. The molecule has 1 aliphatic rings. The van der Waals surface area contributed by atoms with Gasteiger partial charge >= 0.3 is 0 Å². The van der Waals surface area contributed by atoms with Crippen molar-refractivity contribution in [1.82, 2.24) is 10.5 Å². The van der Waals surface area contributed by atoms with E-state index >= 15 is 0 Å². The van der Waals surface area contributed by atoms with Crippen LogP contribution in [0.25, 0.3) is 6.08 Å². The van der Waals surface area contributed by atoms with Gasteiger partial charge in [0.2, 0.25) is 0 Å². The Morgan fingerprint density at radius 3 is 2.79 bits per heavy atom. The van der Waals surface area contributed by atoms with Crippen LogP contribution in [0, 0.1) is 7.14 Å². The van der Waals surface area contributed by atoms with E-state index in [4.69, 9.17) is 15.3 Å². The number of anilines is 1. The Kier molecular flexibility index (Phi) is 10.6. The largest absolute Gasteiger partial charge is 0.367 e. The molecule has 0 bridgehead atoms. The molecule has 2 heterocycles. The molecule has 1 saturated heterocycles. The summed E-state index contributed by atoms with van der Waals surface area (Å²) < 4.78 is 7.62. The fourth-order valence-electron chi connectivity index (χ4n) is 3.91. The first-order valence-electron chi connectivity index (χ1n) is 11.4. The average molecular weight is 690 g/mol. The molecule has 3 atom stereocenters. The number of amides is 1. The van der Waals surface area contributed by atoms with Crippen molar-refractivity contribution in [3.05, 3.63) is 60.9 Å². The summed E-state index contributed by atoms with van der Waals surface area (Å²) in [4.78, 5) is 21.8. The highest BCUT2D eigenvalue weighted by molar-refractivity contribution is 14.1. The number of aromatic nitrogens is 1. The number of hydrogen-bond acceptors (Lipinski definition) is 6. The molecule has 2 unspecified atom stereocenters. The maximum absolute atomic E-state index is 12.0. The molecular formula is C25H32I2N4O3. The summed E-state index contributed by atoms with van der Waals surface area (Å²) in [5.41, 5.74) is 10.8. The van der Waals surface area contributed by atoms with E-state index in [9.17, 15) is 4.79 Å². The highest BCUT2D eigenvalue weighted by Gasteiger charge is 2.23. The van der Waals surface area contributed by atoms with Crippen LogP contribution in [0.3, 0.4) is 0 Å². The molecule has 9 heteroatoms. The summed E-state index contributed by atoms with van der Waals surface area (Å²) in [6.07, 6.45) is 8.96. The van der Waals surface area contributed by atoms with Crippen molar-refractivity contribution in [1.29, 1.82) is 0 Å². The summed E-state index contributed by atoms with van der Waals surface area (Å²) >= 11 is 4.56. The van der Waals surface area contributed by atoms with Crippen molar-refractivity contribution < 1.29 is 14.4 Å². The molecule has 1 aliphatic heterocycles. The Labute approximate surface area is 228 Å². The Bertz CT molecular complexity index is 977. The summed E-state index contributed by atoms with van der Waals surface area (Å²) in [5, 5.41) is 3.47. The van der Waals surface area contributed by atoms with Crippen LogP contribution in [0.15, 0.2) is 42.6 Å². The minimum Gasteiger partial charge on any atom is -0.367 e. The van der Waals surface area contributed by atoms with Crippen molar-refractivity contribution in [3.63, 3.8) is 0 Å². The van der Waals surface area contributed by atoms with Gasteiger partial charge in [-0.05, 0) is 120 Å². The lowest BCUT2D eigenvalue weighted by Gasteiger charge is -2.29. The van der Waals surface area contributed by atoms with Gasteiger partial charge in [0.05, 0.1) is 3.57 Å². The van der Waals surface area contributed by atoms with E-state index in [-0.39, 0.29) is 23.8 Å². The number of nitrogens with two attached hydrogens (primary N) is 1. The molecule has 0 saturated carbocycles. The number of benzene rings is 1. The minimum atomic E-state index is -0.368. The Morgan fingerprint density at radius 2 is 2.12 bits per heavy atom. The summed E-state index contributed by atoms with van der Waals surface area (Å²) in [6, 6.07) is 10.6. The molecule has 3 rings (SSSR count). The zero-order valence-corrected chi connectivity index (χ0v) is 23.8. The zero-order chi connectivity index (χ0) is 24.6. The first-order chi connectivity index (χ1) is 16.2. The molecule has 1 aromatic heterocycles. The van der Waals surface area contributed by atoms with Gasteiger partial charge in [0.1, 0.15) is 5.82 Å². The number of halogens is 2. The third-order valence-corrected chi connectivity index (χ3v) is 6.94. The van der Waals surface area contributed by atoms with E-state index in [0.29, 0.717) is 6.61 Å². The fraction of sp³-hybridized carbons (Fsp3) is 0.440. The first-order valence-corrected chi connectivity index (χ1v) is 13.6. The van der Waals surface area contributed by atoms with E-state index in [2.05, 4.69) is 99.1 Å². The zero-order valence-electron chi connectivity index (χ0n) is 19.5. The van der Waals surface area contributed by atoms with Gasteiger partial charge in [-0.1, -0.05) is 12.1 Å². The van der Waals surface area contributed by atoms with Crippen LogP contribution in [0.4, 0.5) is 5.82 Å². The molecule has 0 spiro atoms. The monoisotopic (exact) mass is 690 g/mol. The van der Waals surface area contributed by atoms with E-state index in [0.717, 1.165) is 47.1 Å². The normalized spacial score (nSPS) is 18.9. The number of hydrogen-bond donors (Lipinski definition) is 3. The lowest BCUT2D eigenvalue weighted by molar-refractivity contribution is -0.198. The second-order valence-corrected chi connectivity index (χ2v) is 11.4. The Morgan fingerprint density at radius 1 is 1.35 bits per heavy atom. The minimum absolute atomic E-state index is 0.145. The van der Waals surface area contributed by atoms with E-state index < -0.39 is 0 Å². The number of carbonyl (C=O) groups is 1. The second kappa shape index (κ2) is 13.1. The van der Waals surface area contributed by atoms with Crippen molar-refractivity contribution in [2.24, 2.45) is 5.73 Å². The van der Waals surface area contributed by atoms with Crippen LogP contribution in [-0.4, -0.2) is 35.4 Å². The summed E-state index contributed by atoms with van der Waals surface area (Å²) in [6.45, 7) is 4.87. The summed E-state index contributed by atoms with van der Waals surface area (Å²) in [7, 11) is 0. The van der Waals surface area contributed by atoms with E-state index in [1.54, 1.807) is 12.3 Å². The van der Waals surface area contributed by atoms with Gasteiger partial charge in [-0.3, -0.25) is 4.79 Å². The molecule has 184 valence electrons. The van der Waals surface area contributed by atoms with Crippen LogP contribution in [0.1, 0.15) is 50.7 Å². The van der Waals surface area contributed by atoms with E-state index in [1.165, 1.54) is 15.2 Å². The van der Waals surface area contributed by atoms with Crippen molar-refractivity contribution >= 4 is 63.0 Å². The third-order valence-electron chi connectivity index (χ3n) is 5.40. The predicted octanol–water partition coefficient (Wildman–Crippen LogP) is 5.03. The predicted molar refractivity (Wildman–Crippen MR) is 152 cm³/mol. The molecule has 0 aliphatic carbocycles. The topological polar surface area (TPSA) is 98.5 Å². The van der Waals surface area contributed by atoms with Crippen molar-refractivity contribution in [3.8, 4) is 0 Å². The van der Waals surface area contributed by atoms with Crippen LogP contribution >= 0.6 is 45.2 Å². The smallest absolute Gasteiger partial charge is 0.267 e. The molecular weight excluding hydrogens is 658 g/mol. The third kappa shape index (κ3) is 9.40. The second-order valence-electron chi connectivity index (χ2n) is 9.02. The standard InChI is InChI=1S/C25H32I2N4O3/c1-17(14-25(2,28)15-18-6-9-20(26)10-7-18)30-24-21(27)13-19(16-29-24)8-11-22(32)31-34-23-5-3-4-12-33-23/h6-11,13,16-17,23H,3-5,12,14-15,28H2,1-2H3,(H,29,30)(H,31,32)/b11-8+/t17-,23?,25?/m1/s1. The maximum Gasteiger partial charge on any atom is 0.267 e. The number of hydroxylamine groups is 1. The molecule has 34 heavy (non-hydrogen) atoms. The van der Waals surface area contributed by atoms with Crippen LogP contribution < -0.4 is 16.5 Å². The van der Waals surface area contributed by atoms with Gasteiger partial charge < -0.3 is 15.8 Å². The van der Waals surface area contributed by atoms with Gasteiger partial charge in [0.25, 0.3) is 5.91 Å². The highest BCUT2D eigenvalue weighted by Crippen LogP contribution is 2.22. The molecule has 7 nitrogen and oxygen atoms in total. The molecule has 1 aromatic carbocycles. The fourth-order valence-corrected chi connectivity index (χ4v) is 4.92. The lowest BCUT2D eigenvalue weighted by atomic mass is 9.88. The highest BCUT2D eigenvalue weighted by atomic mass is 127. The Hall–Kier alpha value is -1.28. The molecule has 0 radical (unpaired) electrons. The van der Waals surface area contributed by atoms with Crippen LogP contribution in [0.5, 0.6) is 0 Å². The number of carbonyl (C=O) groups excluding carboxylic acids is 1. The maximum atomic E-state index is 12.0. The SMILES string of the molecule is C[C@H](CC(C)(N)Cc1ccc(I)cc1)Nc1ncc(/C=C/C(=O)NOC2CCCCO2)cc1I. The summed E-state index contributed by atoms with van der Waals surface area (Å²) in [5.74, 6) is 0.466. The van der Waals surface area contributed by atoms with Gasteiger partial charge in [0.15, 0.2) is 6.29 Å². The van der Waals surface area contributed by atoms with E-state index in [1.807, 2.05) is 6.07 Å². The van der Waals surface area contributed by atoms with Gasteiger partial charge in [-0.15, -0.1) is 0 Å². The quantitative estimate of drug-likeness (QED) is 0.184. The van der Waals surface area contributed by atoms with Crippen LogP contribution in [0.2, 0.25) is 0 Å². The number of nitrogens with one attached hydrogen (secondary N) is 2. The number of ether oxygens (including phenoxy) is 1. The van der Waals surface area contributed by atoms with Gasteiger partial charge in [-0.25, -0.2) is 15.3 Å². The average Bonchev–Trinajstić information content (AvgIpc) is 2.79. The molecule has 1 fully saturated rings. The van der Waals surface area contributed by atoms with Crippen LogP contribution in [-0.2, 0) is 20.8 Å². The van der Waals surface area contributed by atoms with Crippen molar-refractivity contribution in [2.75, 3.05) is 11.9 Å².